The van der Waals surface area contributed by atoms with Crippen molar-refractivity contribution in [3.8, 4) is 11.1 Å². The number of nitrogens with one attached hydrogen (secondary N) is 1. The van der Waals surface area contributed by atoms with Crippen LogP contribution in [-0.4, -0.2) is 21.7 Å². The van der Waals surface area contributed by atoms with Crippen molar-refractivity contribution in [1.82, 2.24) is 15.1 Å². The minimum Gasteiger partial charge on any atom is -0.354 e. The summed E-state index contributed by atoms with van der Waals surface area (Å²) < 4.78 is 40.4. The van der Waals surface area contributed by atoms with Crippen LogP contribution >= 0.6 is 0 Å². The highest BCUT2D eigenvalue weighted by atomic mass is 19.4. The molecule has 0 spiro atoms. The lowest BCUT2D eigenvalue weighted by atomic mass is 9.96. The number of benzene rings is 2. The van der Waals surface area contributed by atoms with E-state index in [-0.39, 0.29) is 23.8 Å². The zero-order chi connectivity index (χ0) is 20.9. The monoisotopic (exact) mass is 401 g/mol. The predicted molar refractivity (Wildman–Crippen MR) is 105 cm³/mol. The fraction of sp³-hybridized carbons (Fsp3) is 0.364. The average Bonchev–Trinajstić information content (AvgIpc) is 3.37. The third kappa shape index (κ3) is 3.73. The lowest BCUT2D eigenvalue weighted by Gasteiger charge is -2.11. The van der Waals surface area contributed by atoms with Crippen molar-refractivity contribution in [3.63, 3.8) is 0 Å². The molecule has 152 valence electrons. The van der Waals surface area contributed by atoms with E-state index >= 15 is 0 Å². The van der Waals surface area contributed by atoms with Gasteiger partial charge in [-0.1, -0.05) is 18.2 Å². The summed E-state index contributed by atoms with van der Waals surface area (Å²) in [4.78, 5) is 12.4. The fourth-order valence-electron chi connectivity index (χ4n) is 3.82. The highest BCUT2D eigenvalue weighted by Crippen LogP contribution is 2.50. The van der Waals surface area contributed by atoms with Crippen LogP contribution < -0.4 is 5.32 Å². The lowest BCUT2D eigenvalue weighted by molar-refractivity contribution is -0.137. The Kier molecular flexibility index (Phi) is 4.63. The van der Waals surface area contributed by atoms with E-state index in [9.17, 15) is 18.0 Å². The zero-order valence-electron chi connectivity index (χ0n) is 16.4. The van der Waals surface area contributed by atoms with Gasteiger partial charge >= 0.3 is 6.18 Å². The Balaban J connectivity index is 1.72. The summed E-state index contributed by atoms with van der Waals surface area (Å²) in [5.74, 6) is 0.0560. The molecule has 1 aliphatic carbocycles. The molecule has 1 amide bonds. The van der Waals surface area contributed by atoms with Gasteiger partial charge < -0.3 is 5.32 Å². The topological polar surface area (TPSA) is 46.9 Å². The Morgan fingerprint density at radius 2 is 1.86 bits per heavy atom. The molecular formula is C22H22F3N3O. The van der Waals surface area contributed by atoms with Gasteiger partial charge in [0.1, 0.15) is 0 Å². The number of amides is 1. The third-order valence-corrected chi connectivity index (χ3v) is 5.40. The Hall–Kier alpha value is -2.83. The summed E-state index contributed by atoms with van der Waals surface area (Å²) in [6, 6.07) is 9.16. The van der Waals surface area contributed by atoms with Crippen molar-refractivity contribution >= 4 is 16.8 Å². The van der Waals surface area contributed by atoms with Crippen LogP contribution in [0, 0.1) is 5.92 Å². The van der Waals surface area contributed by atoms with Crippen molar-refractivity contribution in [3.05, 3.63) is 53.7 Å². The van der Waals surface area contributed by atoms with E-state index in [2.05, 4.69) is 10.4 Å². The van der Waals surface area contributed by atoms with Crippen LogP contribution in [0.15, 0.2) is 42.6 Å². The van der Waals surface area contributed by atoms with E-state index < -0.39 is 11.7 Å². The number of alkyl halides is 3. The molecule has 1 N–H and O–H groups in total. The van der Waals surface area contributed by atoms with Gasteiger partial charge in [0.25, 0.3) is 0 Å². The standard InChI is InChI=1S/C22H22F3N3O/c1-12(2)27-21(29)18-10-17(18)16-8-14(9-20-19(16)11-26-28(20)3)13-4-6-15(7-5-13)22(23,24)25/h4-9,11-12,17-18H,10H2,1-3H3,(H,27,29)/t17?,18-/m1/s1. The number of carbonyl (C=O) groups is 1. The Labute approximate surface area is 166 Å². The van der Waals surface area contributed by atoms with Crippen LogP contribution in [0.2, 0.25) is 0 Å². The SMILES string of the molecule is CC(C)NC(=O)[C@@H]1CC1c1cc(-c2ccc(C(F)(F)F)cc2)cc2c1cnn2C. The van der Waals surface area contributed by atoms with E-state index in [1.54, 1.807) is 10.9 Å². The predicted octanol–water partition coefficient (Wildman–Crippen LogP) is 4.89. The van der Waals surface area contributed by atoms with Gasteiger partial charge in [0.2, 0.25) is 5.91 Å². The minimum atomic E-state index is -4.36. The summed E-state index contributed by atoms with van der Waals surface area (Å²) in [6.07, 6.45) is -1.81. The van der Waals surface area contributed by atoms with Crippen LogP contribution in [0.5, 0.6) is 0 Å². The number of hydrogen-bond acceptors (Lipinski definition) is 2. The molecule has 1 heterocycles. The number of carbonyl (C=O) groups excluding carboxylic acids is 1. The number of aryl methyl sites for hydroxylation is 1. The highest BCUT2D eigenvalue weighted by molar-refractivity contribution is 5.91. The van der Waals surface area contributed by atoms with Crippen molar-refractivity contribution < 1.29 is 18.0 Å². The van der Waals surface area contributed by atoms with Crippen molar-refractivity contribution in [1.29, 1.82) is 0 Å². The van der Waals surface area contributed by atoms with Gasteiger partial charge in [-0.05, 0) is 61.1 Å². The maximum Gasteiger partial charge on any atom is 0.416 e. The van der Waals surface area contributed by atoms with E-state index in [1.165, 1.54) is 12.1 Å². The Bertz CT molecular complexity index is 1070. The van der Waals surface area contributed by atoms with Crippen LogP contribution in [0.25, 0.3) is 22.0 Å². The van der Waals surface area contributed by atoms with Gasteiger partial charge in [-0.3, -0.25) is 9.48 Å². The first kappa shape index (κ1) is 19.5. The lowest BCUT2D eigenvalue weighted by Crippen LogP contribution is -2.31. The van der Waals surface area contributed by atoms with E-state index in [0.29, 0.717) is 5.56 Å². The van der Waals surface area contributed by atoms with Crippen LogP contribution in [0.1, 0.15) is 37.3 Å². The number of aromatic nitrogens is 2. The summed E-state index contributed by atoms with van der Waals surface area (Å²) in [5, 5.41) is 8.27. The van der Waals surface area contributed by atoms with Crippen LogP contribution in [0.4, 0.5) is 13.2 Å². The van der Waals surface area contributed by atoms with Gasteiger partial charge in [0, 0.05) is 24.4 Å². The second-order valence-corrected chi connectivity index (χ2v) is 7.95. The molecule has 29 heavy (non-hydrogen) atoms. The maximum atomic E-state index is 12.9. The van der Waals surface area contributed by atoms with Gasteiger partial charge in [0.05, 0.1) is 17.3 Å². The molecule has 0 bridgehead atoms. The molecular weight excluding hydrogens is 379 g/mol. The van der Waals surface area contributed by atoms with E-state index in [0.717, 1.165) is 40.6 Å². The quantitative estimate of drug-likeness (QED) is 0.677. The number of fused-ring (bicyclic) bond motifs is 1. The molecule has 2 aromatic carbocycles. The average molecular weight is 401 g/mol. The van der Waals surface area contributed by atoms with Gasteiger partial charge in [-0.2, -0.15) is 18.3 Å². The van der Waals surface area contributed by atoms with E-state index in [1.807, 2.05) is 33.0 Å². The fourth-order valence-corrected chi connectivity index (χ4v) is 3.82. The second kappa shape index (κ2) is 6.90. The molecule has 1 aliphatic rings. The van der Waals surface area contributed by atoms with Crippen molar-refractivity contribution in [2.75, 3.05) is 0 Å². The smallest absolute Gasteiger partial charge is 0.354 e. The molecule has 0 radical (unpaired) electrons. The molecule has 2 atom stereocenters. The first-order valence-electron chi connectivity index (χ1n) is 9.59. The Morgan fingerprint density at radius 1 is 1.17 bits per heavy atom. The Morgan fingerprint density at radius 3 is 2.48 bits per heavy atom. The zero-order valence-corrected chi connectivity index (χ0v) is 16.4. The minimum absolute atomic E-state index is 0.0435. The summed E-state index contributed by atoms with van der Waals surface area (Å²) in [6.45, 7) is 3.86. The molecule has 4 nitrogen and oxygen atoms in total. The molecule has 1 unspecified atom stereocenters. The second-order valence-electron chi connectivity index (χ2n) is 7.95. The normalized spacial score (nSPS) is 19.0. The van der Waals surface area contributed by atoms with Gasteiger partial charge in [0.15, 0.2) is 0 Å². The van der Waals surface area contributed by atoms with Crippen molar-refractivity contribution in [2.45, 2.75) is 38.4 Å². The third-order valence-electron chi connectivity index (χ3n) is 5.40. The van der Waals surface area contributed by atoms with Crippen LogP contribution in [0.3, 0.4) is 0 Å². The largest absolute Gasteiger partial charge is 0.416 e. The van der Waals surface area contributed by atoms with Crippen molar-refractivity contribution in [2.24, 2.45) is 13.0 Å². The van der Waals surface area contributed by atoms with Gasteiger partial charge in [-0.25, -0.2) is 0 Å². The molecule has 1 fully saturated rings. The first-order valence-corrected chi connectivity index (χ1v) is 9.59. The molecule has 4 rings (SSSR count). The highest BCUT2D eigenvalue weighted by Gasteiger charge is 2.45. The van der Waals surface area contributed by atoms with Gasteiger partial charge in [-0.15, -0.1) is 0 Å². The molecule has 0 aliphatic heterocycles. The molecule has 3 aromatic rings. The molecule has 1 saturated carbocycles. The molecule has 7 heteroatoms. The summed E-state index contributed by atoms with van der Waals surface area (Å²) in [5.41, 5.74) is 2.77. The number of hydrogen-bond donors (Lipinski definition) is 1. The number of rotatable bonds is 4. The number of nitrogens with zero attached hydrogens (tertiary/aromatic N) is 2. The molecule has 0 saturated heterocycles. The summed E-state index contributed by atoms with van der Waals surface area (Å²) >= 11 is 0. The maximum absolute atomic E-state index is 12.9. The van der Waals surface area contributed by atoms with Crippen LogP contribution in [-0.2, 0) is 18.0 Å². The summed E-state index contributed by atoms with van der Waals surface area (Å²) in [7, 11) is 1.83. The van der Waals surface area contributed by atoms with E-state index in [4.69, 9.17) is 0 Å². The molecule has 1 aromatic heterocycles. The first-order chi connectivity index (χ1) is 13.6. The number of halogens is 3.